The molecule has 0 bridgehead atoms. The Morgan fingerprint density at radius 1 is 0.617 bits per heavy atom. The second-order valence-corrected chi connectivity index (χ2v) is 14.2. The molecule has 8 heteroatoms. The summed E-state index contributed by atoms with van der Waals surface area (Å²) < 4.78 is 17.1. The standard InChI is InChI=1S/C39H73NO7/c1-6-8-10-12-14-16-17-18-19-20-21-22-24-26-28-30-38(42)47-35(33-45-32-31-36(39(43)44)40(3,4)5)34-46-37(41)29-27-25-23-15-13-11-9-7-2/h23,25,35-36H,6-22,24,26-34H2,1-5H3/p+1/b25-23+. The number of quaternary nitrogens is 1. The molecule has 0 fully saturated rings. The molecule has 0 rings (SSSR count). The molecule has 276 valence electrons. The molecule has 8 nitrogen and oxygen atoms in total. The van der Waals surface area contributed by atoms with Crippen LogP contribution in [0.2, 0.25) is 0 Å². The highest BCUT2D eigenvalue weighted by atomic mass is 16.6. The van der Waals surface area contributed by atoms with Crippen LogP contribution in [0.4, 0.5) is 0 Å². The third kappa shape index (κ3) is 29.9. The van der Waals surface area contributed by atoms with E-state index in [4.69, 9.17) is 14.2 Å². The lowest BCUT2D eigenvalue weighted by Crippen LogP contribution is -2.50. The number of allylic oxidation sites excluding steroid dienone is 2. The molecular formula is C39H74NO7+. The van der Waals surface area contributed by atoms with Crippen LogP contribution < -0.4 is 0 Å². The zero-order valence-corrected chi connectivity index (χ0v) is 31.2. The van der Waals surface area contributed by atoms with Crippen molar-refractivity contribution in [3.63, 3.8) is 0 Å². The SMILES string of the molecule is CCCCCC/C=C/CCC(=O)OCC(COCCC(C(=O)O)[N+](C)(C)C)OC(=O)CCCCCCCCCCCCCCCCC. The number of nitrogens with zero attached hydrogens (tertiary/aromatic N) is 1. The van der Waals surface area contributed by atoms with Gasteiger partial charge in [-0.1, -0.05) is 135 Å². The Kier molecular flexibility index (Phi) is 30.1. The van der Waals surface area contributed by atoms with Crippen LogP contribution in [0.3, 0.4) is 0 Å². The van der Waals surface area contributed by atoms with E-state index in [1.165, 1.54) is 103 Å². The number of hydrogen-bond donors (Lipinski definition) is 1. The molecule has 47 heavy (non-hydrogen) atoms. The molecule has 0 amide bonds. The summed E-state index contributed by atoms with van der Waals surface area (Å²) in [6.07, 6.45) is 29.9. The topological polar surface area (TPSA) is 99.1 Å². The minimum absolute atomic E-state index is 0.0546. The highest BCUT2D eigenvalue weighted by molar-refractivity contribution is 5.72. The zero-order chi connectivity index (χ0) is 35.0. The molecule has 2 atom stereocenters. The number of hydrogen-bond acceptors (Lipinski definition) is 6. The minimum Gasteiger partial charge on any atom is -0.477 e. The molecule has 0 heterocycles. The Balaban J connectivity index is 4.38. The summed E-state index contributed by atoms with van der Waals surface area (Å²) in [7, 11) is 5.51. The van der Waals surface area contributed by atoms with E-state index in [1.807, 2.05) is 27.2 Å². The molecular weight excluding hydrogens is 594 g/mol. The number of carbonyl (C=O) groups excluding carboxylic acids is 2. The molecule has 0 aliphatic carbocycles. The number of rotatable bonds is 34. The fourth-order valence-corrected chi connectivity index (χ4v) is 5.64. The van der Waals surface area contributed by atoms with Crippen molar-refractivity contribution in [2.24, 2.45) is 0 Å². The van der Waals surface area contributed by atoms with Crippen molar-refractivity contribution >= 4 is 17.9 Å². The maximum Gasteiger partial charge on any atom is 0.362 e. The van der Waals surface area contributed by atoms with Crippen molar-refractivity contribution in [3.8, 4) is 0 Å². The maximum atomic E-state index is 12.6. The summed E-state index contributed by atoms with van der Waals surface area (Å²) in [5.74, 6) is -1.53. The first-order chi connectivity index (χ1) is 22.6. The Labute approximate surface area is 289 Å². The van der Waals surface area contributed by atoms with Crippen LogP contribution in [0, 0.1) is 0 Å². The van der Waals surface area contributed by atoms with Gasteiger partial charge in [-0.3, -0.25) is 9.59 Å². The fourth-order valence-electron chi connectivity index (χ4n) is 5.64. The minimum atomic E-state index is -0.878. The lowest BCUT2D eigenvalue weighted by molar-refractivity contribution is -0.887. The zero-order valence-electron chi connectivity index (χ0n) is 31.2. The van der Waals surface area contributed by atoms with Crippen LogP contribution in [0.5, 0.6) is 0 Å². The quantitative estimate of drug-likeness (QED) is 0.0315. The summed E-state index contributed by atoms with van der Waals surface area (Å²) >= 11 is 0. The Morgan fingerprint density at radius 3 is 1.62 bits per heavy atom. The molecule has 0 spiro atoms. The number of ether oxygens (including phenoxy) is 3. The second kappa shape index (κ2) is 31.3. The van der Waals surface area contributed by atoms with Crippen molar-refractivity contribution < 1.29 is 38.2 Å². The average molecular weight is 669 g/mol. The van der Waals surface area contributed by atoms with Crippen molar-refractivity contribution in [1.82, 2.24) is 0 Å². The number of carboxylic acids is 1. The molecule has 0 aliphatic rings. The van der Waals surface area contributed by atoms with Crippen LogP contribution in [0.15, 0.2) is 12.2 Å². The first-order valence-corrected chi connectivity index (χ1v) is 19.2. The summed E-state index contributed by atoms with van der Waals surface area (Å²) in [6, 6.07) is -0.612. The third-order valence-electron chi connectivity index (χ3n) is 8.68. The van der Waals surface area contributed by atoms with Gasteiger partial charge in [-0.15, -0.1) is 0 Å². The van der Waals surface area contributed by atoms with Gasteiger partial charge in [0, 0.05) is 19.3 Å². The molecule has 0 aromatic carbocycles. The van der Waals surface area contributed by atoms with E-state index >= 15 is 0 Å². The van der Waals surface area contributed by atoms with Crippen LogP contribution in [-0.2, 0) is 28.6 Å². The van der Waals surface area contributed by atoms with Crippen molar-refractivity contribution in [3.05, 3.63) is 12.2 Å². The normalized spacial score (nSPS) is 13.1. The number of likely N-dealkylation sites (N-methyl/N-ethyl adjacent to an activating group) is 1. The van der Waals surface area contributed by atoms with Gasteiger partial charge in [-0.05, 0) is 25.7 Å². The van der Waals surface area contributed by atoms with Gasteiger partial charge in [0.15, 0.2) is 12.1 Å². The van der Waals surface area contributed by atoms with E-state index < -0.39 is 18.1 Å². The van der Waals surface area contributed by atoms with E-state index in [1.54, 1.807) is 0 Å². The van der Waals surface area contributed by atoms with Gasteiger partial charge in [0.25, 0.3) is 0 Å². The van der Waals surface area contributed by atoms with Gasteiger partial charge in [0.05, 0.1) is 34.4 Å². The molecule has 0 aromatic rings. The second-order valence-electron chi connectivity index (χ2n) is 14.2. The van der Waals surface area contributed by atoms with Crippen LogP contribution in [0.25, 0.3) is 0 Å². The summed E-state index contributed by atoms with van der Waals surface area (Å²) in [4.78, 5) is 36.6. The lowest BCUT2D eigenvalue weighted by atomic mass is 10.0. The molecule has 2 unspecified atom stereocenters. The van der Waals surface area contributed by atoms with Gasteiger partial charge in [0.2, 0.25) is 0 Å². The number of unbranched alkanes of at least 4 members (excludes halogenated alkanes) is 18. The third-order valence-corrected chi connectivity index (χ3v) is 8.68. The number of carbonyl (C=O) groups is 3. The van der Waals surface area contributed by atoms with Crippen LogP contribution in [0.1, 0.15) is 168 Å². The predicted octanol–water partition coefficient (Wildman–Crippen LogP) is 9.58. The Hall–Kier alpha value is -1.93. The van der Waals surface area contributed by atoms with Crippen molar-refractivity contribution in [2.75, 3.05) is 41.0 Å². The molecule has 0 saturated heterocycles. The van der Waals surface area contributed by atoms with E-state index in [9.17, 15) is 19.5 Å². The van der Waals surface area contributed by atoms with E-state index in [0.717, 1.165) is 25.7 Å². The molecule has 0 radical (unpaired) electrons. The number of aliphatic carboxylic acids is 1. The Morgan fingerprint density at radius 2 is 1.11 bits per heavy atom. The summed E-state index contributed by atoms with van der Waals surface area (Å²) in [5, 5.41) is 9.56. The number of carboxylic acid groups (broad SMARTS) is 1. The maximum absolute atomic E-state index is 12.6. The van der Waals surface area contributed by atoms with E-state index in [2.05, 4.69) is 19.9 Å². The summed E-state index contributed by atoms with van der Waals surface area (Å²) in [5.41, 5.74) is 0. The highest BCUT2D eigenvalue weighted by Gasteiger charge is 2.31. The first-order valence-electron chi connectivity index (χ1n) is 19.2. The van der Waals surface area contributed by atoms with Crippen LogP contribution in [-0.4, -0.2) is 80.6 Å². The van der Waals surface area contributed by atoms with Gasteiger partial charge in [-0.25, -0.2) is 4.79 Å². The van der Waals surface area contributed by atoms with Crippen LogP contribution >= 0.6 is 0 Å². The predicted molar refractivity (Wildman–Crippen MR) is 192 cm³/mol. The Bertz CT molecular complexity index is 793. The average Bonchev–Trinajstić information content (AvgIpc) is 3.01. The lowest BCUT2D eigenvalue weighted by Gasteiger charge is -2.31. The number of esters is 2. The smallest absolute Gasteiger partial charge is 0.362 e. The van der Waals surface area contributed by atoms with Gasteiger partial charge in [-0.2, -0.15) is 0 Å². The molecule has 0 aliphatic heterocycles. The molecule has 0 aromatic heterocycles. The van der Waals surface area contributed by atoms with E-state index in [0.29, 0.717) is 19.3 Å². The monoisotopic (exact) mass is 669 g/mol. The molecule has 1 N–H and O–H groups in total. The molecule has 0 saturated carbocycles. The van der Waals surface area contributed by atoms with Crippen molar-refractivity contribution in [2.45, 2.75) is 180 Å². The van der Waals surface area contributed by atoms with E-state index in [-0.39, 0.29) is 42.7 Å². The fraction of sp³-hybridized carbons (Fsp3) is 0.872. The summed E-state index contributed by atoms with van der Waals surface area (Å²) in [6.45, 7) is 4.65. The first kappa shape index (κ1) is 45.1. The van der Waals surface area contributed by atoms with Gasteiger partial charge >= 0.3 is 17.9 Å². The van der Waals surface area contributed by atoms with Gasteiger partial charge in [0.1, 0.15) is 6.61 Å². The van der Waals surface area contributed by atoms with Crippen molar-refractivity contribution in [1.29, 1.82) is 0 Å². The largest absolute Gasteiger partial charge is 0.477 e. The highest BCUT2D eigenvalue weighted by Crippen LogP contribution is 2.15. The van der Waals surface area contributed by atoms with Gasteiger partial charge < -0.3 is 23.8 Å².